The van der Waals surface area contributed by atoms with Crippen molar-refractivity contribution in [2.75, 3.05) is 19.6 Å². The average molecular weight is 329 g/mol. The normalized spacial score (nSPS) is 26.5. The van der Waals surface area contributed by atoms with Gasteiger partial charge in [-0.25, -0.2) is 0 Å². The minimum atomic E-state index is 0.373. The van der Waals surface area contributed by atoms with E-state index in [0.29, 0.717) is 29.7 Å². The lowest BCUT2D eigenvalue weighted by Gasteiger charge is -2.31. The number of hydrogen-bond acceptors (Lipinski definition) is 2. The van der Waals surface area contributed by atoms with Gasteiger partial charge >= 0.3 is 0 Å². The first-order valence-corrected chi connectivity index (χ1v) is 9.69. The summed E-state index contributed by atoms with van der Waals surface area (Å²) in [7, 11) is 0. The molecule has 1 aromatic carbocycles. The molecule has 0 saturated carbocycles. The number of nitrogens with one attached hydrogen (secondary N) is 1. The van der Waals surface area contributed by atoms with Gasteiger partial charge in [0.1, 0.15) is 0 Å². The molecule has 2 aliphatic heterocycles. The summed E-state index contributed by atoms with van der Waals surface area (Å²) in [6, 6.07) is 11.1. The van der Waals surface area contributed by atoms with E-state index in [1.807, 2.05) is 0 Å². The molecular weight excluding hydrogens is 296 g/mol. The van der Waals surface area contributed by atoms with Gasteiger partial charge in [-0.1, -0.05) is 37.3 Å². The van der Waals surface area contributed by atoms with Gasteiger partial charge in [0.05, 0.1) is 0 Å². The second-order valence-corrected chi connectivity index (χ2v) is 7.84. The van der Waals surface area contributed by atoms with Gasteiger partial charge in [0.2, 0.25) is 5.91 Å². The molecule has 1 N–H and O–H groups in total. The maximum Gasteiger partial charge on any atom is 0.223 e. The van der Waals surface area contributed by atoms with Crippen LogP contribution in [0.5, 0.6) is 0 Å². The largest absolute Gasteiger partial charge is 0.340 e. The van der Waals surface area contributed by atoms with Gasteiger partial charge in [-0.3, -0.25) is 4.79 Å². The van der Waals surface area contributed by atoms with Crippen LogP contribution in [0.1, 0.15) is 45.1 Å². The summed E-state index contributed by atoms with van der Waals surface area (Å²) in [6.45, 7) is 7.69. The number of amides is 1. The summed E-state index contributed by atoms with van der Waals surface area (Å²) < 4.78 is 0. The summed E-state index contributed by atoms with van der Waals surface area (Å²) in [5.41, 5.74) is 1.40. The smallest absolute Gasteiger partial charge is 0.223 e. The predicted molar refractivity (Wildman–Crippen MR) is 98.8 cm³/mol. The van der Waals surface area contributed by atoms with Crippen molar-refractivity contribution in [2.24, 2.45) is 17.8 Å². The van der Waals surface area contributed by atoms with Crippen molar-refractivity contribution >= 4 is 5.91 Å². The van der Waals surface area contributed by atoms with Crippen molar-refractivity contribution < 1.29 is 4.79 Å². The number of carbonyl (C=O) groups excluding carboxylic acids is 1. The van der Waals surface area contributed by atoms with Crippen molar-refractivity contribution in [2.45, 2.75) is 52.0 Å². The molecule has 0 aromatic heterocycles. The summed E-state index contributed by atoms with van der Waals surface area (Å²) >= 11 is 0. The first kappa shape index (κ1) is 17.5. The van der Waals surface area contributed by atoms with Crippen LogP contribution < -0.4 is 5.32 Å². The fraction of sp³-hybridized carbons (Fsp3) is 0.667. The molecule has 2 heterocycles. The van der Waals surface area contributed by atoms with E-state index in [1.165, 1.54) is 18.4 Å². The highest BCUT2D eigenvalue weighted by Crippen LogP contribution is 2.30. The molecule has 24 heavy (non-hydrogen) atoms. The van der Waals surface area contributed by atoms with Gasteiger partial charge in [0, 0.05) is 19.0 Å². The molecule has 3 nitrogen and oxygen atoms in total. The van der Waals surface area contributed by atoms with Crippen LogP contribution in [0.4, 0.5) is 0 Å². The molecule has 3 atom stereocenters. The van der Waals surface area contributed by atoms with E-state index in [-0.39, 0.29) is 0 Å². The summed E-state index contributed by atoms with van der Waals surface area (Å²) in [6.07, 6.45) is 5.41. The van der Waals surface area contributed by atoms with Gasteiger partial charge in [0.15, 0.2) is 0 Å². The minimum Gasteiger partial charge on any atom is -0.340 e. The Bertz CT molecular complexity index is 524. The third kappa shape index (κ3) is 4.18. The van der Waals surface area contributed by atoms with E-state index in [1.54, 1.807) is 0 Å². The van der Waals surface area contributed by atoms with E-state index in [9.17, 15) is 4.79 Å². The lowest BCUT2D eigenvalue weighted by atomic mass is 9.84. The highest BCUT2D eigenvalue weighted by molar-refractivity contribution is 5.77. The highest BCUT2D eigenvalue weighted by Gasteiger charge is 2.34. The van der Waals surface area contributed by atoms with Gasteiger partial charge in [-0.2, -0.15) is 0 Å². The van der Waals surface area contributed by atoms with Crippen molar-refractivity contribution in [3.05, 3.63) is 35.9 Å². The number of carbonyl (C=O) groups is 1. The molecule has 2 aliphatic rings. The van der Waals surface area contributed by atoms with Gasteiger partial charge in [0.25, 0.3) is 0 Å². The van der Waals surface area contributed by atoms with E-state index in [4.69, 9.17) is 0 Å². The first-order chi connectivity index (χ1) is 11.6. The third-order valence-electron chi connectivity index (χ3n) is 6.26. The average Bonchev–Trinajstić information content (AvgIpc) is 2.97. The molecule has 1 amide bonds. The fourth-order valence-electron chi connectivity index (χ4n) is 4.52. The minimum absolute atomic E-state index is 0.373. The molecule has 1 aromatic rings. The van der Waals surface area contributed by atoms with Crippen molar-refractivity contribution in [3.8, 4) is 0 Å². The Balaban J connectivity index is 1.52. The zero-order valence-corrected chi connectivity index (χ0v) is 15.2. The molecular formula is C21H32N2O. The van der Waals surface area contributed by atoms with Crippen LogP contribution in [0.15, 0.2) is 30.3 Å². The summed E-state index contributed by atoms with van der Waals surface area (Å²) in [5.74, 6) is 2.21. The molecule has 2 fully saturated rings. The Morgan fingerprint density at radius 2 is 1.92 bits per heavy atom. The summed E-state index contributed by atoms with van der Waals surface area (Å²) in [4.78, 5) is 15.0. The van der Waals surface area contributed by atoms with E-state index in [2.05, 4.69) is 54.4 Å². The van der Waals surface area contributed by atoms with Crippen molar-refractivity contribution in [1.82, 2.24) is 10.2 Å². The van der Waals surface area contributed by atoms with Crippen LogP contribution >= 0.6 is 0 Å². The number of likely N-dealkylation sites (tertiary alicyclic amines) is 1. The van der Waals surface area contributed by atoms with E-state index < -0.39 is 0 Å². The van der Waals surface area contributed by atoms with Crippen LogP contribution in [0.25, 0.3) is 0 Å². The van der Waals surface area contributed by atoms with E-state index in [0.717, 1.165) is 38.9 Å². The Hall–Kier alpha value is -1.35. The molecule has 0 spiro atoms. The molecule has 3 rings (SSSR count). The van der Waals surface area contributed by atoms with Gasteiger partial charge in [-0.05, 0) is 69.0 Å². The number of rotatable bonds is 5. The molecule has 132 valence electrons. The third-order valence-corrected chi connectivity index (χ3v) is 6.26. The molecule has 3 heteroatoms. The maximum atomic E-state index is 12.8. The molecule has 0 bridgehead atoms. The second kappa shape index (κ2) is 8.15. The van der Waals surface area contributed by atoms with Gasteiger partial charge < -0.3 is 10.2 Å². The Morgan fingerprint density at radius 1 is 1.21 bits per heavy atom. The Kier molecular flexibility index (Phi) is 5.94. The van der Waals surface area contributed by atoms with Crippen molar-refractivity contribution in [3.63, 3.8) is 0 Å². The number of piperidine rings is 1. The van der Waals surface area contributed by atoms with Crippen LogP contribution in [-0.4, -0.2) is 36.5 Å². The zero-order chi connectivity index (χ0) is 16.9. The molecule has 0 radical (unpaired) electrons. The SMILES string of the molecule is CC(CC(=O)N1CCC(Cc2ccccc2)C1C)C1CCNCC1. The molecule has 2 saturated heterocycles. The number of nitrogens with zero attached hydrogens (tertiary/aromatic N) is 1. The van der Waals surface area contributed by atoms with Crippen LogP contribution in [0.2, 0.25) is 0 Å². The molecule has 3 unspecified atom stereocenters. The van der Waals surface area contributed by atoms with Crippen LogP contribution in [-0.2, 0) is 11.2 Å². The maximum absolute atomic E-state index is 12.8. The quantitative estimate of drug-likeness (QED) is 0.897. The molecule has 0 aliphatic carbocycles. The van der Waals surface area contributed by atoms with Crippen molar-refractivity contribution in [1.29, 1.82) is 0 Å². The topological polar surface area (TPSA) is 32.3 Å². The standard InChI is InChI=1S/C21H32N2O/c1-16(19-8-11-22-12-9-19)14-21(24)23-13-10-20(17(23)2)15-18-6-4-3-5-7-18/h3-7,16-17,19-20,22H,8-15H2,1-2H3. The number of hydrogen-bond donors (Lipinski definition) is 1. The highest BCUT2D eigenvalue weighted by atomic mass is 16.2. The lowest BCUT2D eigenvalue weighted by molar-refractivity contribution is -0.133. The van der Waals surface area contributed by atoms with E-state index >= 15 is 0 Å². The predicted octanol–water partition coefficient (Wildman–Crippen LogP) is 3.49. The monoisotopic (exact) mass is 328 g/mol. The summed E-state index contributed by atoms with van der Waals surface area (Å²) in [5, 5.41) is 3.42. The lowest BCUT2D eigenvalue weighted by Crippen LogP contribution is -2.38. The van der Waals surface area contributed by atoms with Crippen LogP contribution in [0.3, 0.4) is 0 Å². The zero-order valence-electron chi connectivity index (χ0n) is 15.2. The Labute approximate surface area is 146 Å². The fourth-order valence-corrected chi connectivity index (χ4v) is 4.52. The first-order valence-electron chi connectivity index (χ1n) is 9.69. The number of benzene rings is 1. The Morgan fingerprint density at radius 3 is 2.62 bits per heavy atom. The van der Waals surface area contributed by atoms with Gasteiger partial charge in [-0.15, -0.1) is 0 Å². The van der Waals surface area contributed by atoms with Crippen LogP contribution in [0, 0.1) is 17.8 Å². The second-order valence-electron chi connectivity index (χ2n) is 7.84.